The number of aryl methyl sites for hydroxylation is 2. The third kappa shape index (κ3) is 3.81. The van der Waals surface area contributed by atoms with Crippen molar-refractivity contribution >= 4 is 17.5 Å². The van der Waals surface area contributed by atoms with Crippen LogP contribution in [0.4, 0.5) is 17.5 Å². The number of hydrogen-bond acceptors (Lipinski definition) is 4. The van der Waals surface area contributed by atoms with Gasteiger partial charge < -0.3 is 10.2 Å². The smallest absolute Gasteiger partial charge is 0.232 e. The Balaban J connectivity index is 1.84. The van der Waals surface area contributed by atoms with Crippen LogP contribution in [-0.4, -0.2) is 23.1 Å². The van der Waals surface area contributed by atoms with Crippen molar-refractivity contribution < 1.29 is 0 Å². The molecular weight excluding hydrogens is 284 g/mol. The number of para-hydroxylation sites is 1. The van der Waals surface area contributed by atoms with Crippen LogP contribution in [0, 0.1) is 12.8 Å². The van der Waals surface area contributed by atoms with Gasteiger partial charge >= 0.3 is 0 Å². The van der Waals surface area contributed by atoms with E-state index >= 15 is 0 Å². The zero-order valence-electron chi connectivity index (χ0n) is 14.3. The maximum absolute atomic E-state index is 4.76. The number of fused-ring (bicyclic) bond motifs is 1. The van der Waals surface area contributed by atoms with Crippen molar-refractivity contribution in [2.45, 2.75) is 40.0 Å². The fraction of sp³-hybridized carbons (Fsp3) is 0.474. The number of benzene rings is 1. The lowest BCUT2D eigenvalue weighted by Crippen LogP contribution is -2.26. The van der Waals surface area contributed by atoms with E-state index in [-0.39, 0.29) is 0 Å². The molecule has 4 heteroatoms. The summed E-state index contributed by atoms with van der Waals surface area (Å²) in [6.07, 6.45) is 3.42. The molecule has 0 bridgehead atoms. The Hall–Kier alpha value is -2.10. The van der Waals surface area contributed by atoms with Gasteiger partial charge in [0.15, 0.2) is 0 Å². The average molecular weight is 310 g/mol. The number of anilines is 3. The molecule has 0 saturated heterocycles. The highest BCUT2D eigenvalue weighted by atomic mass is 15.3. The van der Waals surface area contributed by atoms with Crippen LogP contribution in [0.25, 0.3) is 0 Å². The monoisotopic (exact) mass is 310 g/mol. The van der Waals surface area contributed by atoms with Crippen LogP contribution in [0.1, 0.15) is 37.9 Å². The molecule has 1 aromatic heterocycles. The van der Waals surface area contributed by atoms with E-state index in [9.17, 15) is 0 Å². The zero-order chi connectivity index (χ0) is 16.2. The molecule has 0 aliphatic carbocycles. The summed E-state index contributed by atoms with van der Waals surface area (Å²) in [4.78, 5) is 11.7. The topological polar surface area (TPSA) is 41.1 Å². The predicted octanol–water partition coefficient (Wildman–Crippen LogP) is 4.33. The Labute approximate surface area is 139 Å². The van der Waals surface area contributed by atoms with Crippen LogP contribution in [0.15, 0.2) is 30.3 Å². The number of aromatic nitrogens is 2. The Morgan fingerprint density at radius 3 is 2.87 bits per heavy atom. The molecule has 1 aliphatic heterocycles. The maximum Gasteiger partial charge on any atom is 0.232 e. The Morgan fingerprint density at radius 1 is 1.22 bits per heavy atom. The molecule has 0 radical (unpaired) electrons. The summed E-state index contributed by atoms with van der Waals surface area (Å²) in [5, 5.41) is 3.44. The van der Waals surface area contributed by atoms with Crippen LogP contribution in [-0.2, 0) is 6.42 Å². The van der Waals surface area contributed by atoms with Crippen molar-refractivity contribution in [1.29, 1.82) is 0 Å². The van der Waals surface area contributed by atoms with Crippen molar-refractivity contribution in [2.24, 2.45) is 5.92 Å². The second kappa shape index (κ2) is 6.99. The fourth-order valence-corrected chi connectivity index (χ4v) is 2.99. The van der Waals surface area contributed by atoms with Crippen molar-refractivity contribution in [3.8, 4) is 0 Å². The van der Waals surface area contributed by atoms with Gasteiger partial charge in [0, 0.05) is 30.5 Å². The van der Waals surface area contributed by atoms with Gasteiger partial charge in [-0.05, 0) is 43.7 Å². The minimum absolute atomic E-state index is 0.693. The first kappa shape index (κ1) is 15.8. The van der Waals surface area contributed by atoms with E-state index < -0.39 is 0 Å². The van der Waals surface area contributed by atoms with Crippen LogP contribution in [0.5, 0.6) is 0 Å². The Kier molecular flexibility index (Phi) is 4.79. The highest BCUT2D eigenvalue weighted by molar-refractivity contribution is 5.64. The summed E-state index contributed by atoms with van der Waals surface area (Å²) in [7, 11) is 0. The first-order valence-corrected chi connectivity index (χ1v) is 8.58. The van der Waals surface area contributed by atoms with E-state index in [0.717, 1.165) is 49.8 Å². The molecule has 0 amide bonds. The standard InChI is InChI=1S/C19H26N4/c1-14(2)10-11-20-18-13-15(3)21-19(22-18)23-12-6-8-16-7-4-5-9-17(16)23/h4-5,7,9,13-14H,6,8,10-12H2,1-3H3,(H,20,21,22). The molecule has 3 rings (SSSR count). The molecule has 23 heavy (non-hydrogen) atoms. The highest BCUT2D eigenvalue weighted by Gasteiger charge is 2.20. The van der Waals surface area contributed by atoms with Crippen molar-refractivity contribution in [3.63, 3.8) is 0 Å². The summed E-state index contributed by atoms with van der Waals surface area (Å²) >= 11 is 0. The van der Waals surface area contributed by atoms with Gasteiger partial charge in [0.05, 0.1) is 0 Å². The predicted molar refractivity (Wildman–Crippen MR) is 96.5 cm³/mol. The average Bonchev–Trinajstić information content (AvgIpc) is 2.53. The third-order valence-corrected chi connectivity index (χ3v) is 4.22. The number of rotatable bonds is 5. The molecule has 1 N–H and O–H groups in total. The summed E-state index contributed by atoms with van der Waals surface area (Å²) in [5.41, 5.74) is 3.64. The van der Waals surface area contributed by atoms with Crippen molar-refractivity contribution in [3.05, 3.63) is 41.6 Å². The van der Waals surface area contributed by atoms with Gasteiger partial charge in [-0.3, -0.25) is 0 Å². The molecule has 122 valence electrons. The lowest BCUT2D eigenvalue weighted by atomic mass is 10.0. The number of hydrogen-bond donors (Lipinski definition) is 1. The quantitative estimate of drug-likeness (QED) is 0.892. The van der Waals surface area contributed by atoms with E-state index in [1.165, 1.54) is 11.3 Å². The van der Waals surface area contributed by atoms with E-state index in [4.69, 9.17) is 4.98 Å². The Morgan fingerprint density at radius 2 is 2.04 bits per heavy atom. The Bertz CT molecular complexity index is 666. The number of nitrogens with zero attached hydrogens (tertiary/aromatic N) is 3. The molecule has 0 fully saturated rings. The SMILES string of the molecule is Cc1cc(NCCC(C)C)nc(N2CCCc3ccccc32)n1. The molecular formula is C19H26N4. The maximum atomic E-state index is 4.76. The molecule has 2 aromatic rings. The molecule has 4 nitrogen and oxygen atoms in total. The first-order chi connectivity index (χ1) is 11.1. The van der Waals surface area contributed by atoms with E-state index in [1.807, 2.05) is 13.0 Å². The van der Waals surface area contributed by atoms with Crippen LogP contribution >= 0.6 is 0 Å². The normalized spacial score (nSPS) is 14.0. The fourth-order valence-electron chi connectivity index (χ4n) is 2.99. The van der Waals surface area contributed by atoms with Gasteiger partial charge in [0.1, 0.15) is 5.82 Å². The minimum Gasteiger partial charge on any atom is -0.370 e. The van der Waals surface area contributed by atoms with Gasteiger partial charge in [0.25, 0.3) is 0 Å². The summed E-state index contributed by atoms with van der Waals surface area (Å²) in [6.45, 7) is 8.44. The van der Waals surface area contributed by atoms with E-state index in [1.54, 1.807) is 0 Å². The highest BCUT2D eigenvalue weighted by Crippen LogP contribution is 2.31. The summed E-state index contributed by atoms with van der Waals surface area (Å²) < 4.78 is 0. The summed E-state index contributed by atoms with van der Waals surface area (Å²) in [6, 6.07) is 10.6. The van der Waals surface area contributed by atoms with Crippen molar-refractivity contribution in [2.75, 3.05) is 23.3 Å². The molecule has 0 atom stereocenters. The largest absolute Gasteiger partial charge is 0.370 e. The van der Waals surface area contributed by atoms with E-state index in [0.29, 0.717) is 5.92 Å². The van der Waals surface area contributed by atoms with Gasteiger partial charge in [-0.25, -0.2) is 4.98 Å². The van der Waals surface area contributed by atoms with E-state index in [2.05, 4.69) is 53.3 Å². The van der Waals surface area contributed by atoms with Crippen LogP contribution in [0.2, 0.25) is 0 Å². The molecule has 0 spiro atoms. The second-order valence-electron chi connectivity index (χ2n) is 6.69. The lowest BCUT2D eigenvalue weighted by molar-refractivity contribution is 0.606. The lowest BCUT2D eigenvalue weighted by Gasteiger charge is -2.29. The van der Waals surface area contributed by atoms with Gasteiger partial charge in [-0.2, -0.15) is 4.98 Å². The second-order valence-corrected chi connectivity index (χ2v) is 6.69. The van der Waals surface area contributed by atoms with Gasteiger partial charge in [-0.15, -0.1) is 0 Å². The third-order valence-electron chi connectivity index (χ3n) is 4.22. The van der Waals surface area contributed by atoms with Gasteiger partial charge in [-0.1, -0.05) is 32.0 Å². The molecule has 2 heterocycles. The molecule has 1 aromatic carbocycles. The molecule has 0 saturated carbocycles. The first-order valence-electron chi connectivity index (χ1n) is 8.58. The molecule has 1 aliphatic rings. The van der Waals surface area contributed by atoms with Gasteiger partial charge in [0.2, 0.25) is 5.95 Å². The van der Waals surface area contributed by atoms with Crippen molar-refractivity contribution in [1.82, 2.24) is 9.97 Å². The van der Waals surface area contributed by atoms with Crippen LogP contribution in [0.3, 0.4) is 0 Å². The molecule has 0 unspecified atom stereocenters. The minimum atomic E-state index is 0.693. The number of nitrogens with one attached hydrogen (secondary N) is 1. The van der Waals surface area contributed by atoms with Crippen LogP contribution < -0.4 is 10.2 Å². The zero-order valence-corrected chi connectivity index (χ0v) is 14.3. The summed E-state index contributed by atoms with van der Waals surface area (Å²) in [5.74, 6) is 2.43.